The molecule has 0 aliphatic heterocycles. The summed E-state index contributed by atoms with van der Waals surface area (Å²) in [6, 6.07) is 21.3. The topological polar surface area (TPSA) is 48.4 Å². The van der Waals surface area contributed by atoms with Crippen LogP contribution in [0.15, 0.2) is 66.7 Å². The zero-order chi connectivity index (χ0) is 18.8. The highest BCUT2D eigenvalue weighted by molar-refractivity contribution is 6.25. The molecule has 0 aliphatic carbocycles. The van der Waals surface area contributed by atoms with Crippen molar-refractivity contribution in [2.45, 2.75) is 13.8 Å². The van der Waals surface area contributed by atoms with E-state index in [1.165, 1.54) is 0 Å². The van der Waals surface area contributed by atoms with Gasteiger partial charge in [-0.05, 0) is 54.4 Å². The summed E-state index contributed by atoms with van der Waals surface area (Å²) in [5, 5.41) is 3.13. The minimum atomic E-state index is -0.986. The van der Waals surface area contributed by atoms with E-state index in [-0.39, 0.29) is 5.97 Å². The number of aryl methyl sites for hydroxylation is 2. The van der Waals surface area contributed by atoms with Crippen molar-refractivity contribution in [2.75, 3.05) is 0 Å². The Kier molecular flexibility index (Phi) is 4.81. The smallest absolute Gasteiger partial charge is 0.614 e. The van der Waals surface area contributed by atoms with E-state index in [2.05, 4.69) is 4.98 Å². The Bertz CT molecular complexity index is 1160. The zero-order valence-electron chi connectivity index (χ0n) is 15.1. The molecule has 0 N–H and O–H groups in total. The van der Waals surface area contributed by atoms with Gasteiger partial charge in [0.25, 0.3) is 0 Å². The van der Waals surface area contributed by atoms with Crippen LogP contribution in [-0.2, 0) is 3.79 Å². The molecule has 0 atom stereocenters. The van der Waals surface area contributed by atoms with Gasteiger partial charge in [-0.25, -0.2) is 9.78 Å². The molecule has 1 aromatic heterocycles. The van der Waals surface area contributed by atoms with E-state index in [4.69, 9.17) is 7.58 Å². The SMILES string of the molecule is Cc1cc(C)c2cccc([O][Al][O]C(=O)c3ccc4ccccc4c3)c2n1. The van der Waals surface area contributed by atoms with Crippen molar-refractivity contribution >= 4 is 43.5 Å². The van der Waals surface area contributed by atoms with Gasteiger partial charge in [-0.2, -0.15) is 0 Å². The fraction of sp³-hybridized carbons (Fsp3) is 0.0909. The Hall–Kier alpha value is -2.87. The highest BCUT2D eigenvalue weighted by Gasteiger charge is 2.15. The Morgan fingerprint density at radius 1 is 0.926 bits per heavy atom. The monoisotopic (exact) mass is 370 g/mol. The fourth-order valence-electron chi connectivity index (χ4n) is 3.15. The molecular formula is C22H17AlNO3. The summed E-state index contributed by atoms with van der Waals surface area (Å²) in [6.07, 6.45) is 0. The van der Waals surface area contributed by atoms with E-state index in [0.717, 1.165) is 32.9 Å². The zero-order valence-corrected chi connectivity index (χ0v) is 16.3. The second kappa shape index (κ2) is 7.40. The van der Waals surface area contributed by atoms with E-state index in [1.54, 1.807) is 6.07 Å². The Balaban J connectivity index is 1.49. The number of pyridine rings is 1. The van der Waals surface area contributed by atoms with Crippen LogP contribution in [0.3, 0.4) is 0 Å². The molecule has 0 saturated heterocycles. The molecule has 27 heavy (non-hydrogen) atoms. The largest absolute Gasteiger partial charge is 0.884 e. The molecule has 0 unspecified atom stereocenters. The second-order valence-electron chi connectivity index (χ2n) is 6.41. The normalized spacial score (nSPS) is 10.7. The van der Waals surface area contributed by atoms with Crippen molar-refractivity contribution in [3.05, 3.63) is 83.6 Å². The van der Waals surface area contributed by atoms with Gasteiger partial charge < -0.3 is 7.58 Å². The lowest BCUT2D eigenvalue weighted by Crippen LogP contribution is -2.14. The minimum absolute atomic E-state index is 0.378. The molecule has 1 heterocycles. The quantitative estimate of drug-likeness (QED) is 0.485. The van der Waals surface area contributed by atoms with Gasteiger partial charge in [-0.3, -0.25) is 0 Å². The molecule has 0 fully saturated rings. The molecule has 4 nitrogen and oxygen atoms in total. The number of nitrogens with zero attached hydrogens (tertiary/aromatic N) is 1. The van der Waals surface area contributed by atoms with Crippen LogP contribution in [0.4, 0.5) is 0 Å². The van der Waals surface area contributed by atoms with Crippen molar-refractivity contribution in [3.63, 3.8) is 0 Å². The van der Waals surface area contributed by atoms with Gasteiger partial charge >= 0.3 is 21.9 Å². The third kappa shape index (κ3) is 3.66. The third-order valence-electron chi connectivity index (χ3n) is 4.45. The van der Waals surface area contributed by atoms with E-state index >= 15 is 0 Å². The number of carbonyl (C=O) groups is 1. The number of fused-ring (bicyclic) bond motifs is 2. The number of rotatable bonds is 4. The van der Waals surface area contributed by atoms with Crippen LogP contribution in [0.1, 0.15) is 21.6 Å². The summed E-state index contributed by atoms with van der Waals surface area (Å²) in [5.41, 5.74) is 3.39. The summed E-state index contributed by atoms with van der Waals surface area (Å²) >= 11 is -0.986. The maximum atomic E-state index is 12.4. The molecule has 1 radical (unpaired) electrons. The van der Waals surface area contributed by atoms with Crippen LogP contribution in [0, 0.1) is 13.8 Å². The van der Waals surface area contributed by atoms with Gasteiger partial charge in [0.05, 0.1) is 5.56 Å². The van der Waals surface area contributed by atoms with Crippen molar-refractivity contribution in [1.82, 2.24) is 4.98 Å². The molecule has 5 heteroatoms. The number of hydrogen-bond acceptors (Lipinski definition) is 4. The van der Waals surface area contributed by atoms with Crippen LogP contribution >= 0.6 is 0 Å². The molecule has 0 aliphatic rings. The van der Waals surface area contributed by atoms with Gasteiger partial charge in [-0.1, -0.05) is 42.5 Å². The average Bonchev–Trinajstić information content (AvgIpc) is 2.68. The Morgan fingerprint density at radius 2 is 1.74 bits per heavy atom. The summed E-state index contributed by atoms with van der Waals surface area (Å²) in [7, 11) is 0. The molecule has 0 spiro atoms. The minimum Gasteiger partial charge on any atom is -0.614 e. The lowest BCUT2D eigenvalue weighted by atomic mass is 10.1. The van der Waals surface area contributed by atoms with E-state index in [0.29, 0.717) is 11.3 Å². The van der Waals surface area contributed by atoms with Gasteiger partial charge in [0.2, 0.25) is 0 Å². The number of hydrogen-bond donors (Lipinski definition) is 0. The predicted octanol–water partition coefficient (Wildman–Crippen LogP) is 4.77. The highest BCUT2D eigenvalue weighted by atomic mass is 27.2. The van der Waals surface area contributed by atoms with Crippen LogP contribution in [0.2, 0.25) is 0 Å². The fourth-order valence-corrected chi connectivity index (χ4v) is 3.72. The molecule has 4 aromatic rings. The molecule has 0 saturated carbocycles. The Morgan fingerprint density at radius 3 is 2.59 bits per heavy atom. The molecule has 4 rings (SSSR count). The first kappa shape index (κ1) is 17.5. The van der Waals surface area contributed by atoms with Crippen molar-refractivity contribution in [1.29, 1.82) is 0 Å². The van der Waals surface area contributed by atoms with Crippen molar-refractivity contribution in [3.8, 4) is 5.75 Å². The van der Waals surface area contributed by atoms with Crippen LogP contribution in [0.25, 0.3) is 21.7 Å². The average molecular weight is 370 g/mol. The number of benzene rings is 3. The standard InChI is InChI=1S/C11H11NO.C11H8O2.Al/c1-7-6-8(2)12-11-9(7)4-3-5-10(11)13;12-11(13)10-6-5-8-3-1-2-4-9(8)7-10;/h3-6,13H,1-2H3;1-7H,(H,12,13);/q;;+2/p-2. The van der Waals surface area contributed by atoms with Crippen LogP contribution in [-0.4, -0.2) is 26.8 Å². The predicted molar refractivity (Wildman–Crippen MR) is 107 cm³/mol. The van der Waals surface area contributed by atoms with Crippen molar-refractivity contribution < 1.29 is 12.4 Å². The van der Waals surface area contributed by atoms with Gasteiger partial charge in [0.15, 0.2) is 0 Å². The highest BCUT2D eigenvalue weighted by Crippen LogP contribution is 2.26. The molecule has 0 bridgehead atoms. The maximum absolute atomic E-state index is 12.4. The first-order valence-corrected chi connectivity index (χ1v) is 9.61. The van der Waals surface area contributed by atoms with Crippen LogP contribution in [0.5, 0.6) is 5.75 Å². The summed E-state index contributed by atoms with van der Waals surface area (Å²) < 4.78 is 11.2. The lowest BCUT2D eigenvalue weighted by molar-refractivity contribution is 0.0722. The maximum Gasteiger partial charge on any atom is 0.884 e. The van der Waals surface area contributed by atoms with E-state index in [1.807, 2.05) is 74.5 Å². The van der Waals surface area contributed by atoms with E-state index in [9.17, 15) is 4.79 Å². The second-order valence-corrected chi connectivity index (χ2v) is 7.08. The summed E-state index contributed by atoms with van der Waals surface area (Å²) in [4.78, 5) is 16.9. The van der Waals surface area contributed by atoms with E-state index < -0.39 is 15.9 Å². The Labute approximate surface area is 164 Å². The third-order valence-corrected chi connectivity index (χ3v) is 5.11. The van der Waals surface area contributed by atoms with Gasteiger partial charge in [0.1, 0.15) is 11.3 Å². The lowest BCUT2D eigenvalue weighted by Gasteiger charge is -2.11. The van der Waals surface area contributed by atoms with Gasteiger partial charge in [-0.15, -0.1) is 0 Å². The molecular weight excluding hydrogens is 353 g/mol. The van der Waals surface area contributed by atoms with Gasteiger partial charge in [0, 0.05) is 11.1 Å². The number of aromatic nitrogens is 1. The van der Waals surface area contributed by atoms with Crippen molar-refractivity contribution in [2.24, 2.45) is 0 Å². The summed E-state index contributed by atoms with van der Waals surface area (Å²) in [6.45, 7) is 4.00. The van der Waals surface area contributed by atoms with Crippen LogP contribution < -0.4 is 3.79 Å². The number of para-hydroxylation sites is 1. The molecule has 3 aromatic carbocycles. The molecule has 131 valence electrons. The summed E-state index contributed by atoms with van der Waals surface area (Å²) in [5.74, 6) is 0.261. The number of carbonyl (C=O) groups excluding carboxylic acids is 1. The first-order chi connectivity index (χ1) is 13.1. The first-order valence-electron chi connectivity index (χ1n) is 8.67. The molecule has 0 amide bonds.